The number of halogens is 3. The monoisotopic (exact) mass is 518 g/mol. The molecule has 0 radical (unpaired) electrons. The van der Waals surface area contributed by atoms with Gasteiger partial charge >= 0.3 is 0 Å². The Morgan fingerprint density at radius 1 is 0.969 bits per heavy atom. The highest BCUT2D eigenvalue weighted by atomic mass is 79.9. The normalized spacial score (nSPS) is 10.5. The standard InChI is InChI=1S/C24H21BrClFN2O3/c1-2-3-11-32-22-10-7-16(13-19(22)25)24(31)28-17-6-4-5-15(12-17)23(30)29-18-8-9-21(27)20(26)14-18/h4-10,12-14H,2-3,11H2,1H3,(H,28,31)(H,29,30). The minimum Gasteiger partial charge on any atom is -0.492 e. The number of carbonyl (C=O) groups is 2. The maximum atomic E-state index is 13.3. The first-order valence-electron chi connectivity index (χ1n) is 9.97. The summed E-state index contributed by atoms with van der Waals surface area (Å²) in [7, 11) is 0. The van der Waals surface area contributed by atoms with Crippen molar-refractivity contribution in [3.8, 4) is 5.75 Å². The van der Waals surface area contributed by atoms with Crippen molar-refractivity contribution in [1.82, 2.24) is 0 Å². The maximum Gasteiger partial charge on any atom is 0.255 e. The second kappa shape index (κ2) is 11.1. The zero-order valence-corrected chi connectivity index (χ0v) is 19.6. The van der Waals surface area contributed by atoms with Crippen molar-refractivity contribution in [3.05, 3.63) is 87.1 Å². The average molecular weight is 520 g/mol. The molecule has 0 bridgehead atoms. The van der Waals surface area contributed by atoms with Gasteiger partial charge in [0.15, 0.2) is 0 Å². The molecule has 0 atom stereocenters. The summed E-state index contributed by atoms with van der Waals surface area (Å²) in [5.74, 6) is -0.634. The van der Waals surface area contributed by atoms with E-state index in [1.807, 2.05) is 0 Å². The van der Waals surface area contributed by atoms with Crippen LogP contribution in [0.15, 0.2) is 65.1 Å². The van der Waals surface area contributed by atoms with Gasteiger partial charge in [-0.25, -0.2) is 4.39 Å². The lowest BCUT2D eigenvalue weighted by Gasteiger charge is -2.11. The molecule has 3 aromatic carbocycles. The number of amides is 2. The van der Waals surface area contributed by atoms with E-state index in [9.17, 15) is 14.0 Å². The summed E-state index contributed by atoms with van der Waals surface area (Å²) in [6.45, 7) is 2.70. The molecular formula is C24H21BrClFN2O3. The number of carbonyl (C=O) groups excluding carboxylic acids is 2. The van der Waals surface area contributed by atoms with Crippen molar-refractivity contribution in [2.75, 3.05) is 17.2 Å². The van der Waals surface area contributed by atoms with Gasteiger partial charge in [0.25, 0.3) is 11.8 Å². The Morgan fingerprint density at radius 2 is 1.66 bits per heavy atom. The van der Waals surface area contributed by atoms with Crippen molar-refractivity contribution in [3.63, 3.8) is 0 Å². The molecule has 3 aromatic rings. The smallest absolute Gasteiger partial charge is 0.255 e. The van der Waals surface area contributed by atoms with E-state index in [2.05, 4.69) is 33.5 Å². The van der Waals surface area contributed by atoms with Gasteiger partial charge in [0, 0.05) is 22.5 Å². The molecule has 0 aliphatic carbocycles. The lowest BCUT2D eigenvalue weighted by atomic mass is 10.1. The van der Waals surface area contributed by atoms with Gasteiger partial charge in [0.1, 0.15) is 11.6 Å². The van der Waals surface area contributed by atoms with Crippen LogP contribution in [0.3, 0.4) is 0 Å². The Balaban J connectivity index is 1.67. The van der Waals surface area contributed by atoms with Crippen LogP contribution in [0.5, 0.6) is 5.75 Å². The van der Waals surface area contributed by atoms with Gasteiger partial charge in [-0.05, 0) is 76.9 Å². The largest absolute Gasteiger partial charge is 0.492 e. The molecule has 166 valence electrons. The Morgan fingerprint density at radius 3 is 2.31 bits per heavy atom. The fourth-order valence-corrected chi connectivity index (χ4v) is 3.48. The van der Waals surface area contributed by atoms with E-state index in [4.69, 9.17) is 16.3 Å². The SMILES string of the molecule is CCCCOc1ccc(C(=O)Nc2cccc(C(=O)Nc3ccc(F)c(Cl)c3)c2)cc1Br. The first-order chi connectivity index (χ1) is 15.4. The van der Waals surface area contributed by atoms with Crippen molar-refractivity contribution < 1.29 is 18.7 Å². The third-order valence-corrected chi connectivity index (χ3v) is 5.42. The van der Waals surface area contributed by atoms with Crippen LogP contribution in [0.25, 0.3) is 0 Å². The van der Waals surface area contributed by atoms with E-state index in [0.717, 1.165) is 12.8 Å². The van der Waals surface area contributed by atoms with Crippen LogP contribution in [0.4, 0.5) is 15.8 Å². The Bertz CT molecular complexity index is 1140. The lowest BCUT2D eigenvalue weighted by molar-refractivity contribution is 0.101. The highest BCUT2D eigenvalue weighted by molar-refractivity contribution is 9.10. The lowest BCUT2D eigenvalue weighted by Crippen LogP contribution is -2.15. The third kappa shape index (κ3) is 6.31. The molecule has 0 unspecified atom stereocenters. The zero-order chi connectivity index (χ0) is 23.1. The minimum absolute atomic E-state index is 0.0863. The molecule has 0 aliphatic heterocycles. The predicted octanol–water partition coefficient (Wildman–Crippen LogP) is 6.93. The van der Waals surface area contributed by atoms with Gasteiger partial charge in [-0.2, -0.15) is 0 Å². The number of anilines is 2. The van der Waals surface area contributed by atoms with Crippen molar-refractivity contribution in [2.24, 2.45) is 0 Å². The van der Waals surface area contributed by atoms with Crippen LogP contribution >= 0.6 is 27.5 Å². The fourth-order valence-electron chi connectivity index (χ4n) is 2.80. The second-order valence-electron chi connectivity index (χ2n) is 6.97. The molecule has 0 spiro atoms. The molecule has 8 heteroatoms. The summed E-state index contributed by atoms with van der Waals surface area (Å²) in [6.07, 6.45) is 1.99. The average Bonchev–Trinajstić information content (AvgIpc) is 2.77. The number of hydrogen-bond acceptors (Lipinski definition) is 3. The first kappa shape index (κ1) is 23.8. The molecule has 0 aliphatic rings. The molecule has 0 saturated heterocycles. The van der Waals surface area contributed by atoms with Gasteiger partial charge in [0.2, 0.25) is 0 Å². The third-order valence-electron chi connectivity index (χ3n) is 4.51. The van der Waals surface area contributed by atoms with E-state index in [1.54, 1.807) is 42.5 Å². The zero-order valence-electron chi connectivity index (χ0n) is 17.3. The van der Waals surface area contributed by atoms with E-state index in [0.29, 0.717) is 39.3 Å². The molecule has 2 amide bonds. The van der Waals surface area contributed by atoms with Gasteiger partial charge in [-0.15, -0.1) is 0 Å². The van der Waals surface area contributed by atoms with Crippen molar-refractivity contribution >= 4 is 50.7 Å². The second-order valence-corrected chi connectivity index (χ2v) is 8.23. The summed E-state index contributed by atoms with van der Waals surface area (Å²) in [5.41, 5.74) is 1.58. The van der Waals surface area contributed by atoms with Crippen LogP contribution < -0.4 is 15.4 Å². The molecule has 0 fully saturated rings. The summed E-state index contributed by atoms with van der Waals surface area (Å²) < 4.78 is 19.7. The van der Waals surface area contributed by atoms with Crippen LogP contribution in [-0.4, -0.2) is 18.4 Å². The summed E-state index contributed by atoms with van der Waals surface area (Å²) in [6, 6.07) is 15.5. The maximum absolute atomic E-state index is 13.3. The fraction of sp³-hybridized carbons (Fsp3) is 0.167. The number of benzene rings is 3. The summed E-state index contributed by atoms with van der Waals surface area (Å²) in [4.78, 5) is 25.2. The van der Waals surface area contributed by atoms with Crippen LogP contribution in [0, 0.1) is 5.82 Å². The number of ether oxygens (including phenoxy) is 1. The van der Waals surface area contributed by atoms with Crippen LogP contribution in [0.2, 0.25) is 5.02 Å². The minimum atomic E-state index is -0.568. The number of rotatable bonds is 8. The molecule has 0 aromatic heterocycles. The van der Waals surface area contributed by atoms with E-state index in [1.165, 1.54) is 18.2 Å². The molecule has 3 rings (SSSR count). The molecular weight excluding hydrogens is 499 g/mol. The summed E-state index contributed by atoms with van der Waals surface area (Å²) in [5, 5.41) is 5.35. The predicted molar refractivity (Wildman–Crippen MR) is 128 cm³/mol. The number of unbranched alkanes of at least 4 members (excludes halogenated alkanes) is 1. The van der Waals surface area contributed by atoms with Gasteiger partial charge in [0.05, 0.1) is 16.1 Å². The summed E-state index contributed by atoms with van der Waals surface area (Å²) >= 11 is 9.19. The van der Waals surface area contributed by atoms with E-state index >= 15 is 0 Å². The van der Waals surface area contributed by atoms with Gasteiger partial charge < -0.3 is 15.4 Å². The van der Waals surface area contributed by atoms with Gasteiger partial charge in [-0.3, -0.25) is 9.59 Å². The number of nitrogens with one attached hydrogen (secondary N) is 2. The van der Waals surface area contributed by atoms with E-state index in [-0.39, 0.29) is 10.9 Å². The Hall–Kier alpha value is -2.90. The molecule has 32 heavy (non-hydrogen) atoms. The van der Waals surface area contributed by atoms with Crippen LogP contribution in [-0.2, 0) is 0 Å². The highest BCUT2D eigenvalue weighted by Gasteiger charge is 2.12. The molecule has 5 nitrogen and oxygen atoms in total. The molecule has 0 saturated carbocycles. The van der Waals surface area contributed by atoms with Gasteiger partial charge in [-0.1, -0.05) is 31.0 Å². The topological polar surface area (TPSA) is 67.4 Å². The van der Waals surface area contributed by atoms with Crippen molar-refractivity contribution in [1.29, 1.82) is 0 Å². The van der Waals surface area contributed by atoms with Crippen LogP contribution in [0.1, 0.15) is 40.5 Å². The molecule has 2 N–H and O–H groups in total. The quantitative estimate of drug-likeness (QED) is 0.317. The highest BCUT2D eigenvalue weighted by Crippen LogP contribution is 2.27. The number of hydrogen-bond donors (Lipinski definition) is 2. The van der Waals surface area contributed by atoms with Crippen molar-refractivity contribution in [2.45, 2.75) is 19.8 Å². The Kier molecular flexibility index (Phi) is 8.25. The van der Waals surface area contributed by atoms with E-state index < -0.39 is 11.7 Å². The molecule has 0 heterocycles. The Labute approximate surface area is 199 Å². The first-order valence-corrected chi connectivity index (χ1v) is 11.1.